The van der Waals surface area contributed by atoms with Gasteiger partial charge in [0.25, 0.3) is 5.91 Å². The molecule has 0 fully saturated rings. The van der Waals surface area contributed by atoms with E-state index in [2.05, 4.69) is 23.2 Å². The van der Waals surface area contributed by atoms with Crippen LogP contribution < -0.4 is 15.0 Å². The fourth-order valence-corrected chi connectivity index (χ4v) is 2.99. The fourth-order valence-electron chi connectivity index (χ4n) is 2.87. The number of carbonyl (C=O) groups excluding carboxylic acids is 1. The summed E-state index contributed by atoms with van der Waals surface area (Å²) in [6, 6.07) is 13.1. The summed E-state index contributed by atoms with van der Waals surface area (Å²) in [6.45, 7) is 5.89. The molecule has 126 valence electrons. The molecule has 4 nitrogen and oxygen atoms in total. The van der Waals surface area contributed by atoms with Crippen molar-refractivity contribution in [3.8, 4) is 5.75 Å². The van der Waals surface area contributed by atoms with E-state index in [0.29, 0.717) is 10.8 Å². The number of nitrogens with zero attached hydrogens (tertiary/aromatic N) is 1. The van der Waals surface area contributed by atoms with Crippen LogP contribution in [0.3, 0.4) is 0 Å². The van der Waals surface area contributed by atoms with Gasteiger partial charge in [-0.05, 0) is 62.2 Å². The number of hydrogen-bond donors (Lipinski definition) is 1. The number of likely N-dealkylation sites (N-methyl/N-ethyl adjacent to an activating group) is 1. The van der Waals surface area contributed by atoms with E-state index in [1.54, 1.807) is 31.2 Å². The van der Waals surface area contributed by atoms with Crippen LogP contribution in [-0.4, -0.2) is 25.1 Å². The first kappa shape index (κ1) is 16.7. The highest BCUT2D eigenvalue weighted by Crippen LogP contribution is 2.30. The number of nitrogens with one attached hydrogen (secondary N) is 1. The molecule has 1 amide bonds. The van der Waals surface area contributed by atoms with Crippen LogP contribution in [-0.2, 0) is 11.2 Å². The van der Waals surface area contributed by atoms with Crippen molar-refractivity contribution >= 4 is 28.9 Å². The number of carbonyl (C=O) groups is 1. The molecular formula is C19H21ClN2O2. The topological polar surface area (TPSA) is 41.6 Å². The summed E-state index contributed by atoms with van der Waals surface area (Å²) >= 11 is 5.85. The number of benzene rings is 2. The number of anilines is 2. The molecule has 0 aromatic heterocycles. The molecule has 24 heavy (non-hydrogen) atoms. The molecule has 2 aromatic rings. The molecule has 0 aliphatic carbocycles. The van der Waals surface area contributed by atoms with Gasteiger partial charge in [0.1, 0.15) is 5.75 Å². The minimum atomic E-state index is -0.596. The molecule has 1 heterocycles. The first-order valence-electron chi connectivity index (χ1n) is 8.18. The minimum Gasteiger partial charge on any atom is -0.481 e. The standard InChI is InChI=1S/C19H21ClN2O2/c1-3-22-11-10-14-4-7-16(12-18(14)22)21-19(23)13(2)24-17-8-5-15(20)6-9-17/h4-9,12-13H,3,10-11H2,1-2H3,(H,21,23). The summed E-state index contributed by atoms with van der Waals surface area (Å²) in [5, 5.41) is 3.57. The number of hydrogen-bond acceptors (Lipinski definition) is 3. The smallest absolute Gasteiger partial charge is 0.265 e. The lowest BCUT2D eigenvalue weighted by molar-refractivity contribution is -0.122. The number of fused-ring (bicyclic) bond motifs is 1. The van der Waals surface area contributed by atoms with Gasteiger partial charge >= 0.3 is 0 Å². The van der Waals surface area contributed by atoms with Crippen LogP contribution in [0, 0.1) is 0 Å². The molecule has 1 N–H and O–H groups in total. The normalized spacial score (nSPS) is 14.2. The van der Waals surface area contributed by atoms with Crippen LogP contribution in [0.5, 0.6) is 5.75 Å². The predicted molar refractivity (Wildman–Crippen MR) is 98.2 cm³/mol. The van der Waals surface area contributed by atoms with E-state index in [0.717, 1.165) is 25.2 Å². The van der Waals surface area contributed by atoms with Gasteiger partial charge in [-0.2, -0.15) is 0 Å². The zero-order valence-corrected chi connectivity index (χ0v) is 14.6. The molecule has 1 aliphatic rings. The van der Waals surface area contributed by atoms with Crippen LogP contribution in [0.1, 0.15) is 19.4 Å². The van der Waals surface area contributed by atoms with Gasteiger partial charge in [-0.25, -0.2) is 0 Å². The van der Waals surface area contributed by atoms with Gasteiger partial charge in [0, 0.05) is 29.5 Å². The molecule has 1 atom stereocenters. The molecule has 0 spiro atoms. The SMILES string of the molecule is CCN1CCc2ccc(NC(=O)C(C)Oc3ccc(Cl)cc3)cc21. The molecule has 0 bridgehead atoms. The second-order valence-electron chi connectivity index (χ2n) is 5.88. The zero-order chi connectivity index (χ0) is 17.1. The summed E-state index contributed by atoms with van der Waals surface area (Å²) in [4.78, 5) is 14.7. The number of rotatable bonds is 5. The molecule has 1 unspecified atom stereocenters. The van der Waals surface area contributed by atoms with Crippen LogP contribution >= 0.6 is 11.6 Å². The van der Waals surface area contributed by atoms with Gasteiger partial charge in [-0.15, -0.1) is 0 Å². The van der Waals surface area contributed by atoms with Crippen molar-refractivity contribution in [1.29, 1.82) is 0 Å². The van der Waals surface area contributed by atoms with E-state index in [4.69, 9.17) is 16.3 Å². The zero-order valence-electron chi connectivity index (χ0n) is 13.9. The van der Waals surface area contributed by atoms with Gasteiger partial charge in [-0.3, -0.25) is 4.79 Å². The monoisotopic (exact) mass is 344 g/mol. The lowest BCUT2D eigenvalue weighted by Crippen LogP contribution is -2.30. The Kier molecular flexibility index (Phi) is 4.95. The largest absolute Gasteiger partial charge is 0.481 e. The highest BCUT2D eigenvalue weighted by Gasteiger charge is 2.19. The van der Waals surface area contributed by atoms with Gasteiger partial charge in [-0.1, -0.05) is 17.7 Å². The van der Waals surface area contributed by atoms with Crippen LogP contribution in [0.25, 0.3) is 0 Å². The molecule has 0 saturated heterocycles. The Morgan fingerprint density at radius 2 is 2.04 bits per heavy atom. The van der Waals surface area contributed by atoms with Gasteiger partial charge < -0.3 is 15.0 Å². The molecule has 3 rings (SSSR count). The van der Waals surface area contributed by atoms with Crippen molar-refractivity contribution in [2.45, 2.75) is 26.4 Å². The highest BCUT2D eigenvalue weighted by molar-refractivity contribution is 6.30. The Hall–Kier alpha value is -2.20. The molecule has 0 radical (unpaired) electrons. The van der Waals surface area contributed by atoms with E-state index in [9.17, 15) is 4.79 Å². The third kappa shape index (κ3) is 3.65. The fraction of sp³-hybridized carbons (Fsp3) is 0.316. The van der Waals surface area contributed by atoms with Crippen molar-refractivity contribution in [2.75, 3.05) is 23.3 Å². The summed E-state index contributed by atoms with van der Waals surface area (Å²) < 4.78 is 5.66. The Morgan fingerprint density at radius 1 is 1.29 bits per heavy atom. The lowest BCUT2D eigenvalue weighted by atomic mass is 10.1. The van der Waals surface area contributed by atoms with Gasteiger partial charge in [0.05, 0.1) is 0 Å². The quantitative estimate of drug-likeness (QED) is 0.886. The maximum absolute atomic E-state index is 12.4. The Morgan fingerprint density at radius 3 is 2.75 bits per heavy atom. The minimum absolute atomic E-state index is 0.175. The maximum Gasteiger partial charge on any atom is 0.265 e. The molecule has 0 saturated carbocycles. The number of amides is 1. The summed E-state index contributed by atoms with van der Waals surface area (Å²) in [6.07, 6.45) is 0.467. The number of ether oxygens (including phenoxy) is 1. The van der Waals surface area contributed by atoms with Crippen LogP contribution in [0.4, 0.5) is 11.4 Å². The highest BCUT2D eigenvalue weighted by atomic mass is 35.5. The molecule has 1 aliphatic heterocycles. The van der Waals surface area contributed by atoms with Crippen molar-refractivity contribution in [3.05, 3.63) is 53.1 Å². The Balaban J connectivity index is 1.65. The third-order valence-corrected chi connectivity index (χ3v) is 4.47. The van der Waals surface area contributed by atoms with Crippen molar-refractivity contribution in [1.82, 2.24) is 0 Å². The van der Waals surface area contributed by atoms with Gasteiger partial charge in [0.2, 0.25) is 0 Å². The Bertz CT molecular complexity index is 731. The predicted octanol–water partition coefficient (Wildman–Crippen LogP) is 4.13. The molecular weight excluding hydrogens is 324 g/mol. The van der Waals surface area contributed by atoms with E-state index in [-0.39, 0.29) is 5.91 Å². The van der Waals surface area contributed by atoms with Crippen molar-refractivity contribution in [3.63, 3.8) is 0 Å². The second kappa shape index (κ2) is 7.14. The number of halogens is 1. The van der Waals surface area contributed by atoms with E-state index < -0.39 is 6.10 Å². The van der Waals surface area contributed by atoms with Crippen molar-refractivity contribution < 1.29 is 9.53 Å². The second-order valence-corrected chi connectivity index (χ2v) is 6.31. The van der Waals surface area contributed by atoms with E-state index >= 15 is 0 Å². The summed E-state index contributed by atoms with van der Waals surface area (Å²) in [5.74, 6) is 0.444. The first-order chi connectivity index (χ1) is 11.6. The average Bonchev–Trinajstić information content (AvgIpc) is 2.99. The average molecular weight is 345 g/mol. The third-order valence-electron chi connectivity index (χ3n) is 4.22. The maximum atomic E-state index is 12.4. The first-order valence-corrected chi connectivity index (χ1v) is 8.55. The van der Waals surface area contributed by atoms with Crippen molar-refractivity contribution in [2.24, 2.45) is 0 Å². The molecule has 2 aromatic carbocycles. The van der Waals surface area contributed by atoms with Crippen LogP contribution in [0.15, 0.2) is 42.5 Å². The lowest BCUT2D eigenvalue weighted by Gasteiger charge is -2.18. The summed E-state index contributed by atoms with van der Waals surface area (Å²) in [5.41, 5.74) is 3.34. The Labute approximate surface area is 147 Å². The van der Waals surface area contributed by atoms with Gasteiger partial charge in [0.15, 0.2) is 6.10 Å². The summed E-state index contributed by atoms with van der Waals surface area (Å²) in [7, 11) is 0. The van der Waals surface area contributed by atoms with Crippen LogP contribution in [0.2, 0.25) is 5.02 Å². The van der Waals surface area contributed by atoms with E-state index in [1.165, 1.54) is 11.3 Å². The van der Waals surface area contributed by atoms with E-state index in [1.807, 2.05) is 12.1 Å². The molecule has 5 heteroatoms.